The lowest BCUT2D eigenvalue weighted by atomic mass is 10.3. The molecule has 0 saturated carbocycles. The SMILES string of the molecule is NC(=O)CCNc1cc(F)cc(Cl)c1. The fraction of sp³-hybridized carbons (Fsp3) is 0.222. The Kier molecular flexibility index (Phi) is 3.71. The first-order chi connectivity index (χ1) is 6.58. The van der Waals surface area contributed by atoms with E-state index in [4.69, 9.17) is 17.3 Å². The summed E-state index contributed by atoms with van der Waals surface area (Å²) < 4.78 is 12.8. The molecule has 3 N–H and O–H groups in total. The average molecular weight is 217 g/mol. The van der Waals surface area contributed by atoms with Gasteiger partial charge in [-0.3, -0.25) is 4.79 Å². The molecule has 76 valence electrons. The van der Waals surface area contributed by atoms with Gasteiger partial charge in [-0.05, 0) is 18.2 Å². The minimum absolute atomic E-state index is 0.203. The lowest BCUT2D eigenvalue weighted by Gasteiger charge is -2.05. The van der Waals surface area contributed by atoms with Crippen molar-refractivity contribution in [1.29, 1.82) is 0 Å². The number of hydrogen-bond acceptors (Lipinski definition) is 2. The van der Waals surface area contributed by atoms with Crippen LogP contribution in [0.25, 0.3) is 0 Å². The number of rotatable bonds is 4. The van der Waals surface area contributed by atoms with Crippen LogP contribution < -0.4 is 11.1 Å². The first-order valence-electron chi connectivity index (χ1n) is 4.06. The molecule has 0 saturated heterocycles. The molecule has 0 spiro atoms. The molecule has 0 aromatic heterocycles. The van der Waals surface area contributed by atoms with E-state index >= 15 is 0 Å². The quantitative estimate of drug-likeness (QED) is 0.806. The van der Waals surface area contributed by atoms with Crippen molar-refractivity contribution in [2.24, 2.45) is 5.73 Å². The van der Waals surface area contributed by atoms with E-state index in [1.165, 1.54) is 12.1 Å². The van der Waals surface area contributed by atoms with Crippen LogP contribution in [0.4, 0.5) is 10.1 Å². The van der Waals surface area contributed by atoms with E-state index in [1.807, 2.05) is 0 Å². The van der Waals surface area contributed by atoms with Crippen molar-refractivity contribution >= 4 is 23.2 Å². The first kappa shape index (κ1) is 10.8. The van der Waals surface area contributed by atoms with Crippen LogP contribution in [0.15, 0.2) is 18.2 Å². The Morgan fingerprint density at radius 2 is 2.21 bits per heavy atom. The summed E-state index contributed by atoms with van der Waals surface area (Å²) in [7, 11) is 0. The fourth-order valence-electron chi connectivity index (χ4n) is 0.986. The molecule has 0 aliphatic heterocycles. The second-order valence-electron chi connectivity index (χ2n) is 2.80. The van der Waals surface area contributed by atoms with Gasteiger partial charge >= 0.3 is 0 Å². The van der Waals surface area contributed by atoms with Crippen molar-refractivity contribution in [3.05, 3.63) is 29.0 Å². The molecule has 1 aromatic carbocycles. The molecule has 1 rings (SSSR count). The molecule has 3 nitrogen and oxygen atoms in total. The van der Waals surface area contributed by atoms with Crippen LogP contribution >= 0.6 is 11.6 Å². The van der Waals surface area contributed by atoms with Gasteiger partial charge in [0.2, 0.25) is 5.91 Å². The van der Waals surface area contributed by atoms with E-state index in [0.717, 1.165) is 0 Å². The van der Waals surface area contributed by atoms with Crippen LogP contribution in [0, 0.1) is 5.82 Å². The summed E-state index contributed by atoms with van der Waals surface area (Å²) in [4.78, 5) is 10.4. The molecular weight excluding hydrogens is 207 g/mol. The van der Waals surface area contributed by atoms with E-state index in [2.05, 4.69) is 5.32 Å². The maximum Gasteiger partial charge on any atom is 0.219 e. The Hall–Kier alpha value is -1.29. The third-order valence-corrected chi connectivity index (χ3v) is 1.78. The van der Waals surface area contributed by atoms with Crippen LogP contribution in [0.5, 0.6) is 0 Å². The Balaban J connectivity index is 2.54. The molecule has 0 bridgehead atoms. The largest absolute Gasteiger partial charge is 0.384 e. The van der Waals surface area contributed by atoms with Crippen molar-refractivity contribution < 1.29 is 9.18 Å². The van der Waals surface area contributed by atoms with Gasteiger partial charge < -0.3 is 11.1 Å². The lowest BCUT2D eigenvalue weighted by molar-refractivity contribution is -0.117. The van der Waals surface area contributed by atoms with Crippen LogP contribution in [0.3, 0.4) is 0 Å². The van der Waals surface area contributed by atoms with Gasteiger partial charge in [-0.25, -0.2) is 4.39 Å². The molecule has 0 aliphatic rings. The highest BCUT2D eigenvalue weighted by Crippen LogP contribution is 2.17. The third kappa shape index (κ3) is 3.62. The number of halogens is 2. The Morgan fingerprint density at radius 3 is 2.79 bits per heavy atom. The van der Waals surface area contributed by atoms with Gasteiger partial charge in [0, 0.05) is 23.7 Å². The molecule has 14 heavy (non-hydrogen) atoms. The lowest BCUT2D eigenvalue weighted by Crippen LogP contribution is -2.15. The number of nitrogens with one attached hydrogen (secondary N) is 1. The zero-order chi connectivity index (χ0) is 10.6. The summed E-state index contributed by atoms with van der Waals surface area (Å²) in [6, 6.07) is 4.08. The van der Waals surface area contributed by atoms with Gasteiger partial charge in [-0.2, -0.15) is 0 Å². The van der Waals surface area contributed by atoms with Crippen molar-refractivity contribution in [1.82, 2.24) is 0 Å². The predicted octanol–water partition coefficient (Wildman–Crippen LogP) is 1.77. The molecule has 0 aliphatic carbocycles. The summed E-state index contributed by atoms with van der Waals surface area (Å²) >= 11 is 5.62. The van der Waals surface area contributed by atoms with Gasteiger partial charge in [0.05, 0.1) is 0 Å². The monoisotopic (exact) mass is 216 g/mol. The number of nitrogens with two attached hydrogens (primary N) is 1. The maximum atomic E-state index is 12.8. The van der Waals surface area contributed by atoms with Crippen molar-refractivity contribution in [2.45, 2.75) is 6.42 Å². The van der Waals surface area contributed by atoms with Gasteiger partial charge in [0.25, 0.3) is 0 Å². The average Bonchev–Trinajstić information content (AvgIpc) is 2.01. The van der Waals surface area contributed by atoms with E-state index in [1.54, 1.807) is 6.07 Å². The third-order valence-electron chi connectivity index (χ3n) is 1.56. The van der Waals surface area contributed by atoms with E-state index < -0.39 is 11.7 Å². The fourth-order valence-corrected chi connectivity index (χ4v) is 1.21. The second-order valence-corrected chi connectivity index (χ2v) is 3.24. The van der Waals surface area contributed by atoms with E-state index in [0.29, 0.717) is 17.3 Å². The number of amides is 1. The van der Waals surface area contributed by atoms with Crippen LogP contribution in [-0.2, 0) is 4.79 Å². The number of anilines is 1. The second kappa shape index (κ2) is 4.81. The molecule has 0 radical (unpaired) electrons. The highest BCUT2D eigenvalue weighted by atomic mass is 35.5. The standard InChI is InChI=1S/C9H10ClFN2O/c10-6-3-7(11)5-8(4-6)13-2-1-9(12)14/h3-5,13H,1-2H2,(H2,12,14). The summed E-state index contributed by atoms with van der Waals surface area (Å²) in [5, 5.41) is 3.14. The van der Waals surface area contributed by atoms with Crippen molar-refractivity contribution in [2.75, 3.05) is 11.9 Å². The number of carbonyl (C=O) groups is 1. The summed E-state index contributed by atoms with van der Waals surface area (Å²) in [6.45, 7) is 0.370. The summed E-state index contributed by atoms with van der Waals surface area (Å²) in [5.74, 6) is -0.820. The van der Waals surface area contributed by atoms with Gasteiger partial charge in [0.15, 0.2) is 0 Å². The van der Waals surface area contributed by atoms with E-state index in [-0.39, 0.29) is 6.42 Å². The molecule has 0 atom stereocenters. The van der Waals surface area contributed by atoms with Gasteiger partial charge in [0.1, 0.15) is 5.82 Å². The number of primary amides is 1. The van der Waals surface area contributed by atoms with Crippen LogP contribution in [0.2, 0.25) is 5.02 Å². The maximum absolute atomic E-state index is 12.8. The zero-order valence-corrected chi connectivity index (χ0v) is 8.14. The predicted molar refractivity (Wildman–Crippen MR) is 53.7 cm³/mol. The molecule has 1 amide bonds. The van der Waals surface area contributed by atoms with Gasteiger partial charge in [-0.1, -0.05) is 11.6 Å². The molecule has 0 unspecified atom stereocenters. The Morgan fingerprint density at radius 1 is 1.50 bits per heavy atom. The van der Waals surface area contributed by atoms with E-state index in [9.17, 15) is 9.18 Å². The minimum atomic E-state index is -0.418. The molecule has 0 fully saturated rings. The molecule has 0 heterocycles. The Bertz CT molecular complexity index is 323. The van der Waals surface area contributed by atoms with Crippen molar-refractivity contribution in [3.8, 4) is 0 Å². The van der Waals surface area contributed by atoms with Crippen molar-refractivity contribution in [3.63, 3.8) is 0 Å². The van der Waals surface area contributed by atoms with Gasteiger partial charge in [-0.15, -0.1) is 0 Å². The number of hydrogen-bond donors (Lipinski definition) is 2. The normalized spacial score (nSPS) is 9.86. The number of carbonyl (C=O) groups excluding carboxylic acids is 1. The molecule has 5 heteroatoms. The minimum Gasteiger partial charge on any atom is -0.384 e. The highest BCUT2D eigenvalue weighted by Gasteiger charge is 1.99. The summed E-state index contributed by atoms with van der Waals surface area (Å²) in [5.41, 5.74) is 5.48. The highest BCUT2D eigenvalue weighted by molar-refractivity contribution is 6.30. The smallest absolute Gasteiger partial charge is 0.219 e. The first-order valence-corrected chi connectivity index (χ1v) is 4.44. The van der Waals surface area contributed by atoms with Crippen LogP contribution in [-0.4, -0.2) is 12.5 Å². The molecule has 1 aromatic rings. The Labute approximate surface area is 86.0 Å². The molecular formula is C9H10ClFN2O. The zero-order valence-electron chi connectivity index (χ0n) is 7.39. The summed E-state index contributed by atoms with van der Waals surface area (Å²) in [6.07, 6.45) is 0.203. The number of benzene rings is 1. The van der Waals surface area contributed by atoms with Crippen LogP contribution in [0.1, 0.15) is 6.42 Å². The topological polar surface area (TPSA) is 55.1 Å².